The quantitative estimate of drug-likeness (QED) is 0.0274. The number of rotatable bonds is 45. The first-order chi connectivity index (χ1) is 27.5. The number of hydrogen-bond acceptors (Lipinski definition) is 6. The Bertz CT molecular complexity index is 942. The van der Waals surface area contributed by atoms with Crippen LogP contribution in [0.5, 0.6) is 0 Å². The number of aliphatic hydroxyl groups excluding tert-OH is 1. The minimum absolute atomic E-state index is 0.00226. The Labute approximate surface area is 354 Å². The molecule has 0 saturated carbocycles. The molecule has 0 heterocycles. The van der Waals surface area contributed by atoms with Crippen molar-refractivity contribution in [2.24, 2.45) is 0 Å². The molecule has 0 aromatic carbocycles. The zero-order chi connectivity index (χ0) is 42.1. The Morgan fingerprint density at radius 1 is 0.596 bits per heavy atom. The Morgan fingerprint density at radius 2 is 0.947 bits per heavy atom. The highest BCUT2D eigenvalue weighted by Gasteiger charge is 2.23. The number of quaternary nitrogens is 1. The number of carbonyl (C=O) groups excluding carboxylic acids is 1. The topological polar surface area (TPSA) is 108 Å². The molecule has 0 radical (unpaired) electrons. The van der Waals surface area contributed by atoms with Gasteiger partial charge in [-0.25, -0.2) is 0 Å². The molecule has 1 unspecified atom stereocenters. The predicted molar refractivity (Wildman–Crippen MR) is 242 cm³/mol. The first kappa shape index (κ1) is 56.2. The molecule has 0 bridgehead atoms. The van der Waals surface area contributed by atoms with Gasteiger partial charge in [0.1, 0.15) is 13.2 Å². The van der Waals surface area contributed by atoms with Gasteiger partial charge >= 0.3 is 0 Å². The molecule has 2 N–H and O–H groups in total. The smallest absolute Gasteiger partial charge is 0.268 e. The number of hydrogen-bond donors (Lipinski definition) is 2. The predicted octanol–water partition coefficient (Wildman–Crippen LogP) is 13.3. The fraction of sp³-hybridized carbons (Fsp3) is 0.938. The highest BCUT2D eigenvalue weighted by Crippen LogP contribution is 2.38. The lowest BCUT2D eigenvalue weighted by molar-refractivity contribution is -0.870. The minimum atomic E-state index is -4.58. The van der Waals surface area contributed by atoms with Gasteiger partial charge in [0.15, 0.2) is 0 Å². The van der Waals surface area contributed by atoms with E-state index in [-0.39, 0.29) is 19.1 Å². The van der Waals surface area contributed by atoms with E-state index in [4.69, 9.17) is 9.05 Å². The van der Waals surface area contributed by atoms with E-state index >= 15 is 0 Å². The van der Waals surface area contributed by atoms with E-state index < -0.39 is 20.0 Å². The van der Waals surface area contributed by atoms with Crippen molar-refractivity contribution in [1.82, 2.24) is 5.32 Å². The van der Waals surface area contributed by atoms with Gasteiger partial charge in [0.25, 0.3) is 7.82 Å². The van der Waals surface area contributed by atoms with E-state index in [0.29, 0.717) is 17.4 Å². The Hall–Kier alpha value is -0.760. The molecule has 0 spiro atoms. The molecule has 9 heteroatoms. The van der Waals surface area contributed by atoms with Crippen LogP contribution in [-0.2, 0) is 18.4 Å². The van der Waals surface area contributed by atoms with Gasteiger partial charge in [-0.3, -0.25) is 9.36 Å². The average Bonchev–Trinajstić information content (AvgIpc) is 3.16. The number of likely N-dealkylation sites (N-methyl/N-ethyl adjacent to an activating group) is 1. The summed E-state index contributed by atoms with van der Waals surface area (Å²) in [7, 11) is 1.27. The molecule has 1 amide bonds. The summed E-state index contributed by atoms with van der Waals surface area (Å²) in [5, 5.41) is 13.8. The van der Waals surface area contributed by atoms with Crippen molar-refractivity contribution < 1.29 is 32.9 Å². The first-order valence-electron chi connectivity index (χ1n) is 24.6. The van der Waals surface area contributed by atoms with Gasteiger partial charge < -0.3 is 28.8 Å². The summed E-state index contributed by atoms with van der Waals surface area (Å²) in [6.07, 6.45) is 46.9. The fourth-order valence-electron chi connectivity index (χ4n) is 7.33. The van der Waals surface area contributed by atoms with Crippen LogP contribution < -0.4 is 10.2 Å². The zero-order valence-electron chi connectivity index (χ0n) is 38.6. The lowest BCUT2D eigenvalue weighted by atomic mass is 10.0. The number of nitrogens with one attached hydrogen (secondary N) is 1. The normalized spacial score (nSPS) is 14.3. The van der Waals surface area contributed by atoms with Gasteiger partial charge in [-0.1, -0.05) is 225 Å². The molecule has 57 heavy (non-hydrogen) atoms. The van der Waals surface area contributed by atoms with Crippen LogP contribution in [0.15, 0.2) is 12.2 Å². The maximum Gasteiger partial charge on any atom is 0.268 e. The van der Waals surface area contributed by atoms with Crippen LogP contribution in [0.4, 0.5) is 0 Å². The maximum absolute atomic E-state index is 12.9. The summed E-state index contributed by atoms with van der Waals surface area (Å²) >= 11 is 0. The van der Waals surface area contributed by atoms with Crippen molar-refractivity contribution in [1.29, 1.82) is 0 Å². The van der Waals surface area contributed by atoms with Gasteiger partial charge in [0.05, 0.1) is 39.9 Å². The molecule has 0 aromatic rings. The first-order valence-corrected chi connectivity index (χ1v) is 26.0. The van der Waals surface area contributed by atoms with Gasteiger partial charge in [0.2, 0.25) is 5.91 Å². The second-order valence-corrected chi connectivity index (χ2v) is 19.6. The summed E-state index contributed by atoms with van der Waals surface area (Å²) < 4.78 is 23.2. The molecule has 0 saturated heterocycles. The summed E-state index contributed by atoms with van der Waals surface area (Å²) in [6, 6.07) is -0.880. The highest BCUT2D eigenvalue weighted by molar-refractivity contribution is 7.45. The SMILES string of the molecule is CCCCCCCCCCCCCC/C=C/[C@@H](O)[C@H](COP(=O)([O-])OCC[N+](C)(C)C)NC(=O)CCCCCCCCCCCCCCCCCCCCCCC. The van der Waals surface area contributed by atoms with Crippen LogP contribution in [-0.4, -0.2) is 68.5 Å². The van der Waals surface area contributed by atoms with Gasteiger partial charge in [0, 0.05) is 6.42 Å². The number of aliphatic hydroxyl groups is 1. The maximum atomic E-state index is 12.9. The fourth-order valence-corrected chi connectivity index (χ4v) is 8.05. The van der Waals surface area contributed by atoms with Gasteiger partial charge in [-0.15, -0.1) is 0 Å². The molecule has 0 aliphatic rings. The molecular formula is C48H97N2O6P. The number of amides is 1. The number of carbonyl (C=O) groups is 1. The third kappa shape index (κ3) is 43.1. The molecule has 3 atom stereocenters. The van der Waals surface area contributed by atoms with Crippen molar-refractivity contribution in [2.45, 2.75) is 251 Å². The Morgan fingerprint density at radius 3 is 1.32 bits per heavy atom. The molecule has 0 aromatic heterocycles. The number of allylic oxidation sites excluding steroid dienone is 1. The van der Waals surface area contributed by atoms with Crippen molar-refractivity contribution in [3.8, 4) is 0 Å². The lowest BCUT2D eigenvalue weighted by Crippen LogP contribution is -2.45. The van der Waals surface area contributed by atoms with Crippen LogP contribution >= 0.6 is 7.82 Å². The average molecular weight is 829 g/mol. The summed E-state index contributed by atoms with van der Waals surface area (Å²) in [5.74, 6) is -0.193. The van der Waals surface area contributed by atoms with Gasteiger partial charge in [-0.05, 0) is 19.3 Å². The van der Waals surface area contributed by atoms with E-state index in [1.807, 2.05) is 27.2 Å². The molecular weight excluding hydrogens is 732 g/mol. The molecule has 0 rings (SSSR count). The minimum Gasteiger partial charge on any atom is -0.756 e. The highest BCUT2D eigenvalue weighted by atomic mass is 31.2. The van der Waals surface area contributed by atoms with Crippen molar-refractivity contribution >= 4 is 13.7 Å². The van der Waals surface area contributed by atoms with Crippen molar-refractivity contribution in [3.05, 3.63) is 12.2 Å². The third-order valence-electron chi connectivity index (χ3n) is 11.2. The number of phosphoric acid groups is 1. The molecule has 8 nitrogen and oxygen atoms in total. The van der Waals surface area contributed by atoms with E-state index in [2.05, 4.69) is 19.2 Å². The van der Waals surface area contributed by atoms with Crippen LogP contribution in [0, 0.1) is 0 Å². The van der Waals surface area contributed by atoms with E-state index in [0.717, 1.165) is 38.5 Å². The largest absolute Gasteiger partial charge is 0.756 e. The number of phosphoric ester groups is 1. The lowest BCUT2D eigenvalue weighted by Gasteiger charge is -2.29. The zero-order valence-corrected chi connectivity index (χ0v) is 39.5. The summed E-state index contributed by atoms with van der Waals surface area (Å²) in [5.41, 5.74) is 0. The van der Waals surface area contributed by atoms with E-state index in [1.54, 1.807) is 6.08 Å². The summed E-state index contributed by atoms with van der Waals surface area (Å²) in [6.45, 7) is 4.67. The number of unbranched alkanes of at least 4 members (excludes halogenated alkanes) is 32. The molecule has 0 aliphatic carbocycles. The van der Waals surface area contributed by atoms with E-state index in [9.17, 15) is 19.4 Å². The van der Waals surface area contributed by atoms with Crippen molar-refractivity contribution in [3.63, 3.8) is 0 Å². The molecule has 0 fully saturated rings. The Kier molecular flexibility index (Phi) is 40.1. The van der Waals surface area contributed by atoms with Gasteiger partial charge in [-0.2, -0.15) is 0 Å². The second-order valence-electron chi connectivity index (χ2n) is 18.2. The molecule has 0 aliphatic heterocycles. The van der Waals surface area contributed by atoms with Crippen LogP contribution in [0.1, 0.15) is 239 Å². The summed E-state index contributed by atoms with van der Waals surface area (Å²) in [4.78, 5) is 25.3. The monoisotopic (exact) mass is 829 g/mol. The second kappa shape index (κ2) is 40.6. The van der Waals surface area contributed by atoms with Crippen molar-refractivity contribution in [2.75, 3.05) is 40.9 Å². The van der Waals surface area contributed by atoms with Crippen LogP contribution in [0.3, 0.4) is 0 Å². The van der Waals surface area contributed by atoms with Crippen LogP contribution in [0.2, 0.25) is 0 Å². The third-order valence-corrected chi connectivity index (χ3v) is 12.2. The van der Waals surface area contributed by atoms with E-state index in [1.165, 1.54) is 180 Å². The standard InChI is InChI=1S/C48H97N2O6P/c1-6-8-10-12-14-16-18-20-22-23-24-25-26-27-28-30-32-34-36-38-40-42-48(52)49-46(45-56-57(53,54)55-44-43-50(3,4)5)47(51)41-39-37-35-33-31-29-21-19-17-15-13-11-9-7-2/h39,41,46-47,51H,6-38,40,42-45H2,1-5H3,(H-,49,52,53,54)/b41-39+/t46-,47+/m0/s1. The Balaban J connectivity index is 4.26. The molecule has 340 valence electrons. The van der Waals surface area contributed by atoms with Crippen LogP contribution in [0.25, 0.3) is 0 Å². The number of nitrogens with zero attached hydrogens (tertiary/aromatic N) is 1.